The first-order chi connectivity index (χ1) is 13.8. The molecule has 3 rings (SSSR count). The zero-order valence-corrected chi connectivity index (χ0v) is 16.4. The highest BCUT2D eigenvalue weighted by molar-refractivity contribution is 7.99. The summed E-state index contributed by atoms with van der Waals surface area (Å²) in [7, 11) is 1.48. The third-order valence-electron chi connectivity index (χ3n) is 3.60. The number of hydrogen-bond donors (Lipinski definition) is 1. The van der Waals surface area contributed by atoms with Gasteiger partial charge in [0, 0.05) is 10.7 Å². The first kappa shape index (κ1) is 21.0. The van der Waals surface area contributed by atoms with Gasteiger partial charge in [0.05, 0.1) is 24.0 Å². The first-order valence-corrected chi connectivity index (χ1v) is 9.40. The molecule has 29 heavy (non-hydrogen) atoms. The van der Waals surface area contributed by atoms with Gasteiger partial charge in [0.15, 0.2) is 0 Å². The van der Waals surface area contributed by atoms with E-state index < -0.39 is 17.6 Å². The number of anilines is 1. The molecular weight excluding hydrogens is 431 g/mol. The Hall–Kier alpha value is -2.72. The predicted octanol–water partition coefficient (Wildman–Crippen LogP) is 5.15. The molecule has 2 aromatic carbocycles. The van der Waals surface area contributed by atoms with Crippen molar-refractivity contribution in [1.29, 1.82) is 0 Å². The molecule has 0 saturated carbocycles. The van der Waals surface area contributed by atoms with Crippen LogP contribution in [0.2, 0.25) is 5.02 Å². The van der Waals surface area contributed by atoms with Crippen LogP contribution in [0.5, 0.6) is 5.75 Å². The number of carbonyl (C=O) groups excluding carboxylic acids is 1. The monoisotopic (exact) mass is 443 g/mol. The minimum absolute atomic E-state index is 0.0420. The summed E-state index contributed by atoms with van der Waals surface area (Å²) in [5, 5.41) is 10.7. The maximum atomic E-state index is 12.7. The zero-order valence-electron chi connectivity index (χ0n) is 14.8. The Morgan fingerprint density at radius 2 is 2.03 bits per heavy atom. The molecule has 1 heterocycles. The summed E-state index contributed by atoms with van der Waals surface area (Å²) in [6, 6.07) is 9.27. The molecule has 0 aliphatic heterocycles. The van der Waals surface area contributed by atoms with Gasteiger partial charge in [-0.15, -0.1) is 10.2 Å². The number of hydrogen-bond acceptors (Lipinski definition) is 6. The molecule has 3 aromatic rings. The number of thioether (sulfide) groups is 1. The molecule has 0 bridgehead atoms. The van der Waals surface area contributed by atoms with E-state index in [1.165, 1.54) is 19.2 Å². The highest BCUT2D eigenvalue weighted by Gasteiger charge is 2.30. The number of nitrogens with one attached hydrogen (secondary N) is 1. The predicted molar refractivity (Wildman–Crippen MR) is 102 cm³/mol. The summed E-state index contributed by atoms with van der Waals surface area (Å²) in [5.41, 5.74) is -0.312. The highest BCUT2D eigenvalue weighted by Crippen LogP contribution is 2.33. The van der Waals surface area contributed by atoms with Crippen molar-refractivity contribution < 1.29 is 27.1 Å². The number of rotatable bonds is 6. The van der Waals surface area contributed by atoms with Gasteiger partial charge >= 0.3 is 6.18 Å². The van der Waals surface area contributed by atoms with Gasteiger partial charge in [0.2, 0.25) is 5.91 Å². The second-order valence-corrected chi connectivity index (χ2v) is 7.00. The number of carbonyl (C=O) groups is 1. The topological polar surface area (TPSA) is 77.2 Å². The number of benzene rings is 2. The van der Waals surface area contributed by atoms with E-state index >= 15 is 0 Å². The second kappa shape index (κ2) is 8.75. The fraction of sp³-hybridized carbons (Fsp3) is 0.167. The van der Waals surface area contributed by atoms with Crippen LogP contribution in [0.15, 0.2) is 52.1 Å². The van der Waals surface area contributed by atoms with Crippen LogP contribution in [0.1, 0.15) is 5.56 Å². The van der Waals surface area contributed by atoms with Gasteiger partial charge < -0.3 is 14.5 Å². The summed E-state index contributed by atoms with van der Waals surface area (Å²) in [6.07, 6.45) is -4.49. The molecule has 1 amide bonds. The third kappa shape index (κ3) is 5.42. The molecule has 152 valence electrons. The molecule has 0 unspecified atom stereocenters. The molecule has 11 heteroatoms. The lowest BCUT2D eigenvalue weighted by Crippen LogP contribution is -2.15. The molecule has 0 spiro atoms. The van der Waals surface area contributed by atoms with Gasteiger partial charge in [-0.1, -0.05) is 29.4 Å². The molecule has 0 saturated heterocycles. The summed E-state index contributed by atoms with van der Waals surface area (Å²) in [4.78, 5) is 12.0. The molecule has 1 aromatic heterocycles. The Kier molecular flexibility index (Phi) is 6.33. The number of alkyl halides is 3. The number of amides is 1. The van der Waals surface area contributed by atoms with Crippen LogP contribution >= 0.6 is 23.4 Å². The van der Waals surface area contributed by atoms with Crippen LogP contribution in [0, 0.1) is 0 Å². The van der Waals surface area contributed by atoms with E-state index in [1.54, 1.807) is 18.2 Å². The minimum Gasteiger partial charge on any atom is -0.496 e. The van der Waals surface area contributed by atoms with Gasteiger partial charge in [-0.25, -0.2) is 0 Å². The Labute approximate surface area is 172 Å². The maximum absolute atomic E-state index is 12.7. The Balaban J connectivity index is 1.63. The van der Waals surface area contributed by atoms with Crippen molar-refractivity contribution >= 4 is 35.0 Å². The van der Waals surface area contributed by atoms with Crippen molar-refractivity contribution in [2.45, 2.75) is 11.4 Å². The Morgan fingerprint density at radius 3 is 2.76 bits per heavy atom. The summed E-state index contributed by atoms with van der Waals surface area (Å²) in [5.74, 6) is -0.0127. The van der Waals surface area contributed by atoms with Crippen LogP contribution in [-0.4, -0.2) is 29.0 Å². The van der Waals surface area contributed by atoms with Crippen molar-refractivity contribution in [2.75, 3.05) is 18.2 Å². The van der Waals surface area contributed by atoms with E-state index in [0.29, 0.717) is 16.3 Å². The van der Waals surface area contributed by atoms with Gasteiger partial charge in [0.25, 0.3) is 11.1 Å². The summed E-state index contributed by atoms with van der Waals surface area (Å²) < 4.78 is 48.9. The lowest BCUT2D eigenvalue weighted by atomic mass is 10.2. The standard InChI is InChI=1S/C18H13ClF3N3O3S/c1-27-14-6-5-11(19)8-13(14)16-24-25-17(28-16)29-9-15(26)23-12-4-2-3-10(7-12)18(20,21)22/h2-8H,9H2,1H3,(H,23,26). The highest BCUT2D eigenvalue weighted by atomic mass is 35.5. The Morgan fingerprint density at radius 1 is 1.24 bits per heavy atom. The van der Waals surface area contributed by atoms with E-state index in [9.17, 15) is 18.0 Å². The number of nitrogens with zero attached hydrogens (tertiary/aromatic N) is 2. The number of halogens is 4. The summed E-state index contributed by atoms with van der Waals surface area (Å²) >= 11 is 6.92. The first-order valence-electron chi connectivity index (χ1n) is 8.03. The molecule has 1 N–H and O–H groups in total. The number of ether oxygens (including phenoxy) is 1. The van der Waals surface area contributed by atoms with E-state index in [1.807, 2.05) is 0 Å². The lowest BCUT2D eigenvalue weighted by Gasteiger charge is -2.09. The average molecular weight is 444 g/mol. The number of methoxy groups -OCH3 is 1. The fourth-order valence-electron chi connectivity index (χ4n) is 2.32. The van der Waals surface area contributed by atoms with Crippen LogP contribution in [0.25, 0.3) is 11.5 Å². The third-order valence-corrected chi connectivity index (χ3v) is 4.65. The second-order valence-electron chi connectivity index (χ2n) is 5.63. The molecule has 0 aliphatic rings. The zero-order chi connectivity index (χ0) is 21.0. The van der Waals surface area contributed by atoms with Crippen LogP contribution in [0.3, 0.4) is 0 Å². The number of aromatic nitrogens is 2. The molecule has 0 fully saturated rings. The van der Waals surface area contributed by atoms with Crippen LogP contribution < -0.4 is 10.1 Å². The minimum atomic E-state index is -4.49. The molecule has 6 nitrogen and oxygen atoms in total. The van der Waals surface area contributed by atoms with Crippen LogP contribution in [-0.2, 0) is 11.0 Å². The van der Waals surface area contributed by atoms with E-state index in [0.717, 1.165) is 23.9 Å². The van der Waals surface area contributed by atoms with Crippen molar-refractivity contribution in [2.24, 2.45) is 0 Å². The lowest BCUT2D eigenvalue weighted by molar-refractivity contribution is -0.137. The van der Waals surface area contributed by atoms with Gasteiger partial charge in [-0.05, 0) is 36.4 Å². The van der Waals surface area contributed by atoms with Gasteiger partial charge in [-0.3, -0.25) is 4.79 Å². The fourth-order valence-corrected chi connectivity index (χ4v) is 3.06. The quantitative estimate of drug-likeness (QED) is 0.531. The normalized spacial score (nSPS) is 11.3. The van der Waals surface area contributed by atoms with E-state index in [4.69, 9.17) is 20.8 Å². The molecule has 0 radical (unpaired) electrons. The summed E-state index contributed by atoms with van der Waals surface area (Å²) in [6.45, 7) is 0. The van der Waals surface area contributed by atoms with E-state index in [-0.39, 0.29) is 22.6 Å². The van der Waals surface area contributed by atoms with Crippen LogP contribution in [0.4, 0.5) is 18.9 Å². The molecule has 0 atom stereocenters. The van der Waals surface area contributed by atoms with Crippen molar-refractivity contribution in [3.63, 3.8) is 0 Å². The maximum Gasteiger partial charge on any atom is 0.416 e. The van der Waals surface area contributed by atoms with Crippen molar-refractivity contribution in [1.82, 2.24) is 10.2 Å². The average Bonchev–Trinajstić information content (AvgIpc) is 3.15. The van der Waals surface area contributed by atoms with Crippen molar-refractivity contribution in [3.05, 3.63) is 53.1 Å². The smallest absolute Gasteiger partial charge is 0.416 e. The molecule has 0 aliphatic carbocycles. The molecular formula is C18H13ClF3N3O3S. The van der Waals surface area contributed by atoms with Gasteiger partial charge in [-0.2, -0.15) is 13.2 Å². The Bertz CT molecular complexity index is 1030. The largest absolute Gasteiger partial charge is 0.496 e. The van der Waals surface area contributed by atoms with E-state index in [2.05, 4.69) is 15.5 Å². The SMILES string of the molecule is COc1ccc(Cl)cc1-c1nnc(SCC(=O)Nc2cccc(C(F)(F)F)c2)o1. The van der Waals surface area contributed by atoms with Gasteiger partial charge in [0.1, 0.15) is 5.75 Å². The van der Waals surface area contributed by atoms with Crippen molar-refractivity contribution in [3.8, 4) is 17.2 Å².